The number of carbonyl (C=O) groups is 1. The number of amides is 1. The predicted molar refractivity (Wildman–Crippen MR) is 80.4 cm³/mol. The lowest BCUT2D eigenvalue weighted by molar-refractivity contribution is 0.0635. The number of carbonyl (C=O) groups excluding carboxylic acids is 1. The monoisotopic (exact) mass is 330 g/mol. The molecule has 22 heavy (non-hydrogen) atoms. The van der Waals surface area contributed by atoms with Crippen LogP contribution in [0.1, 0.15) is 31.9 Å². The highest BCUT2D eigenvalue weighted by molar-refractivity contribution is 7.83. The standard InChI is InChI=1S/C14H19FN2O4S/c1-14(2,3)21-13(18)16-12-6-4-5-10-9-17(22(15,19)20)8-7-11(10)12/h4-6H,7-9H2,1-3H3,(H,16,18). The molecule has 0 saturated heterocycles. The van der Waals surface area contributed by atoms with Crippen LogP contribution in [0.3, 0.4) is 0 Å². The maximum atomic E-state index is 13.1. The van der Waals surface area contributed by atoms with Crippen LogP contribution < -0.4 is 5.32 Å². The summed E-state index contributed by atoms with van der Waals surface area (Å²) in [5.74, 6) is 0. The largest absolute Gasteiger partial charge is 0.444 e. The van der Waals surface area contributed by atoms with Crippen LogP contribution in [0, 0.1) is 0 Å². The molecule has 1 amide bonds. The van der Waals surface area contributed by atoms with Crippen LogP contribution in [-0.4, -0.2) is 31.0 Å². The van der Waals surface area contributed by atoms with Crippen LogP contribution in [0.2, 0.25) is 0 Å². The number of rotatable bonds is 2. The summed E-state index contributed by atoms with van der Waals surface area (Å²) in [5.41, 5.74) is 1.41. The molecule has 1 aromatic rings. The summed E-state index contributed by atoms with van der Waals surface area (Å²) in [7, 11) is -4.71. The Kier molecular flexibility index (Phi) is 4.44. The van der Waals surface area contributed by atoms with Crippen LogP contribution in [0.25, 0.3) is 0 Å². The minimum Gasteiger partial charge on any atom is -0.444 e. The van der Waals surface area contributed by atoms with E-state index in [4.69, 9.17) is 4.74 Å². The molecule has 0 saturated carbocycles. The zero-order valence-electron chi connectivity index (χ0n) is 12.7. The fourth-order valence-corrected chi connectivity index (χ4v) is 2.90. The molecule has 0 aromatic heterocycles. The van der Waals surface area contributed by atoms with Crippen molar-refractivity contribution in [1.82, 2.24) is 4.31 Å². The Morgan fingerprint density at radius 2 is 2.05 bits per heavy atom. The Balaban J connectivity index is 2.19. The third-order valence-corrected chi connectivity index (χ3v) is 4.10. The molecule has 1 aliphatic heterocycles. The quantitative estimate of drug-likeness (QED) is 0.846. The zero-order valence-corrected chi connectivity index (χ0v) is 13.5. The van der Waals surface area contributed by atoms with E-state index in [0.717, 1.165) is 9.87 Å². The molecule has 0 radical (unpaired) electrons. The van der Waals surface area contributed by atoms with Gasteiger partial charge in [0.1, 0.15) is 5.60 Å². The Bertz CT molecular complexity index is 683. The van der Waals surface area contributed by atoms with Gasteiger partial charge < -0.3 is 4.74 Å². The van der Waals surface area contributed by atoms with Crippen molar-refractivity contribution in [1.29, 1.82) is 0 Å². The lowest BCUT2D eigenvalue weighted by Crippen LogP contribution is -2.34. The molecule has 1 aromatic carbocycles. The molecule has 0 fully saturated rings. The van der Waals surface area contributed by atoms with Crippen molar-refractivity contribution in [2.75, 3.05) is 11.9 Å². The van der Waals surface area contributed by atoms with Crippen molar-refractivity contribution in [3.63, 3.8) is 0 Å². The minimum absolute atomic E-state index is 0.0405. The molecule has 1 heterocycles. The summed E-state index contributed by atoms with van der Waals surface area (Å²) >= 11 is 0. The Morgan fingerprint density at radius 1 is 1.36 bits per heavy atom. The molecule has 0 spiro atoms. The van der Waals surface area contributed by atoms with Crippen LogP contribution in [-0.2, 0) is 28.1 Å². The summed E-state index contributed by atoms with van der Waals surface area (Å²) < 4.78 is 41.0. The van der Waals surface area contributed by atoms with Gasteiger partial charge in [-0.3, -0.25) is 5.32 Å². The molecule has 122 valence electrons. The molecule has 0 atom stereocenters. The first-order valence-corrected chi connectivity index (χ1v) is 8.21. The smallest absolute Gasteiger partial charge is 0.412 e. The van der Waals surface area contributed by atoms with Gasteiger partial charge in [-0.2, -0.15) is 12.7 Å². The van der Waals surface area contributed by atoms with Gasteiger partial charge in [0, 0.05) is 18.8 Å². The van der Waals surface area contributed by atoms with Crippen LogP contribution in [0.4, 0.5) is 14.4 Å². The van der Waals surface area contributed by atoms with Crippen molar-refractivity contribution in [2.45, 2.75) is 39.3 Å². The molecule has 8 heteroatoms. The van der Waals surface area contributed by atoms with Crippen LogP contribution >= 0.6 is 0 Å². The highest BCUT2D eigenvalue weighted by atomic mass is 32.3. The number of halogens is 1. The van der Waals surface area contributed by atoms with E-state index in [1.807, 2.05) is 0 Å². The molecule has 1 N–H and O–H groups in total. The maximum Gasteiger partial charge on any atom is 0.412 e. The molecule has 0 aliphatic carbocycles. The SMILES string of the molecule is CC(C)(C)OC(=O)Nc1cccc2c1CCN(S(=O)(=O)F)C2. The highest BCUT2D eigenvalue weighted by Crippen LogP contribution is 2.28. The van der Waals surface area contributed by atoms with Crippen LogP contribution in [0.15, 0.2) is 18.2 Å². The fourth-order valence-electron chi connectivity index (χ4n) is 2.30. The second-order valence-electron chi connectivity index (χ2n) is 6.10. The number of fused-ring (bicyclic) bond motifs is 1. The third-order valence-electron chi connectivity index (χ3n) is 3.17. The van der Waals surface area contributed by atoms with Gasteiger partial charge in [0.15, 0.2) is 0 Å². The Labute approximate surface area is 129 Å². The average molecular weight is 330 g/mol. The number of anilines is 1. The number of ether oxygens (including phenoxy) is 1. The topological polar surface area (TPSA) is 75.7 Å². The van der Waals surface area contributed by atoms with Crippen molar-refractivity contribution in [2.24, 2.45) is 0 Å². The zero-order chi connectivity index (χ0) is 16.5. The normalized spacial score (nSPS) is 16.0. The molecule has 6 nitrogen and oxygen atoms in total. The Hall–Kier alpha value is -1.67. The maximum absolute atomic E-state index is 13.1. The van der Waals surface area contributed by atoms with Gasteiger partial charge in [-0.15, -0.1) is 0 Å². The van der Waals surface area contributed by atoms with E-state index in [1.54, 1.807) is 39.0 Å². The molecular weight excluding hydrogens is 311 g/mol. The number of hydrogen-bond acceptors (Lipinski definition) is 4. The average Bonchev–Trinajstić information content (AvgIpc) is 2.35. The van der Waals surface area contributed by atoms with E-state index in [2.05, 4.69) is 5.32 Å². The molecule has 0 bridgehead atoms. The summed E-state index contributed by atoms with van der Waals surface area (Å²) in [6, 6.07) is 5.11. The Morgan fingerprint density at radius 3 is 2.64 bits per heavy atom. The van der Waals surface area contributed by atoms with E-state index in [-0.39, 0.29) is 13.1 Å². The van der Waals surface area contributed by atoms with Gasteiger partial charge in [0.2, 0.25) is 0 Å². The van der Waals surface area contributed by atoms with Gasteiger partial charge in [-0.05, 0) is 44.4 Å². The van der Waals surface area contributed by atoms with Gasteiger partial charge in [0.05, 0.1) is 0 Å². The fraction of sp³-hybridized carbons (Fsp3) is 0.500. The molecule has 0 unspecified atom stereocenters. The van der Waals surface area contributed by atoms with E-state index >= 15 is 0 Å². The van der Waals surface area contributed by atoms with Gasteiger partial charge in [-0.1, -0.05) is 16.0 Å². The summed E-state index contributed by atoms with van der Waals surface area (Å²) in [5, 5.41) is 2.66. The summed E-state index contributed by atoms with van der Waals surface area (Å²) in [6.07, 6.45) is -0.258. The number of nitrogens with zero attached hydrogens (tertiary/aromatic N) is 1. The first-order chi connectivity index (χ1) is 10.1. The summed E-state index contributed by atoms with van der Waals surface area (Å²) in [6.45, 7) is 5.28. The summed E-state index contributed by atoms with van der Waals surface area (Å²) in [4.78, 5) is 11.8. The highest BCUT2D eigenvalue weighted by Gasteiger charge is 2.28. The van der Waals surface area contributed by atoms with Gasteiger partial charge in [0.25, 0.3) is 0 Å². The van der Waals surface area contributed by atoms with Crippen LogP contribution in [0.5, 0.6) is 0 Å². The van der Waals surface area contributed by atoms with E-state index in [1.165, 1.54) is 0 Å². The number of hydrogen-bond donors (Lipinski definition) is 1. The lowest BCUT2D eigenvalue weighted by atomic mass is 9.99. The number of benzene rings is 1. The minimum atomic E-state index is -4.71. The van der Waals surface area contributed by atoms with Crippen molar-refractivity contribution >= 4 is 22.2 Å². The lowest BCUT2D eigenvalue weighted by Gasteiger charge is -2.27. The van der Waals surface area contributed by atoms with Crippen molar-refractivity contribution < 1.29 is 21.8 Å². The first-order valence-electron chi connectivity index (χ1n) is 6.87. The van der Waals surface area contributed by atoms with Crippen molar-refractivity contribution in [3.8, 4) is 0 Å². The third kappa shape index (κ3) is 4.17. The predicted octanol–water partition coefficient (Wildman–Crippen LogP) is 2.61. The van der Waals surface area contributed by atoms with Gasteiger partial charge in [-0.25, -0.2) is 4.79 Å². The van der Waals surface area contributed by atoms with E-state index < -0.39 is 22.1 Å². The van der Waals surface area contributed by atoms with E-state index in [9.17, 15) is 17.1 Å². The first kappa shape index (κ1) is 16.7. The molecule has 2 rings (SSSR count). The molecule has 1 aliphatic rings. The van der Waals surface area contributed by atoms with Crippen molar-refractivity contribution in [3.05, 3.63) is 29.3 Å². The number of nitrogens with one attached hydrogen (secondary N) is 1. The van der Waals surface area contributed by atoms with Gasteiger partial charge >= 0.3 is 16.5 Å². The second-order valence-corrected chi connectivity index (χ2v) is 7.44. The van der Waals surface area contributed by atoms with E-state index in [0.29, 0.717) is 17.7 Å². The second kappa shape index (κ2) is 5.85. The molecular formula is C14H19FN2O4S.